The lowest BCUT2D eigenvalue weighted by Gasteiger charge is -2.28. The van der Waals surface area contributed by atoms with Gasteiger partial charge in [-0.25, -0.2) is 9.78 Å². The van der Waals surface area contributed by atoms with Crippen LogP contribution in [0.2, 0.25) is 5.02 Å². The van der Waals surface area contributed by atoms with Gasteiger partial charge in [0, 0.05) is 29.1 Å². The molecule has 2 amide bonds. The zero-order chi connectivity index (χ0) is 29.2. The van der Waals surface area contributed by atoms with E-state index in [0.717, 1.165) is 46.3 Å². The molecule has 1 unspecified atom stereocenters. The third-order valence-corrected chi connectivity index (χ3v) is 7.92. The zero-order valence-corrected chi connectivity index (χ0v) is 24.2. The molecule has 42 heavy (non-hydrogen) atoms. The Balaban J connectivity index is 1.22. The van der Waals surface area contributed by atoms with Crippen LogP contribution in [-0.4, -0.2) is 44.4 Å². The van der Waals surface area contributed by atoms with Crippen molar-refractivity contribution in [3.05, 3.63) is 101 Å². The number of hydrogen-bond acceptors (Lipinski definition) is 4. The third kappa shape index (κ3) is 5.50. The van der Waals surface area contributed by atoms with Crippen molar-refractivity contribution in [1.82, 2.24) is 25.2 Å². The highest BCUT2D eigenvalue weighted by Crippen LogP contribution is 2.37. The summed E-state index contributed by atoms with van der Waals surface area (Å²) in [6.45, 7) is 4.24. The summed E-state index contributed by atoms with van der Waals surface area (Å²) in [4.78, 5) is 39.7. The third-order valence-electron chi connectivity index (χ3n) is 7.53. The Morgan fingerprint density at radius 2 is 1.69 bits per heavy atom. The number of para-hydroxylation sites is 1. The molecule has 0 saturated carbocycles. The van der Waals surface area contributed by atoms with Gasteiger partial charge in [0.2, 0.25) is 6.10 Å². The first-order valence-corrected chi connectivity index (χ1v) is 14.5. The molecule has 2 aromatic heterocycles. The molecule has 0 radical (unpaired) electrons. The van der Waals surface area contributed by atoms with E-state index in [0.29, 0.717) is 23.0 Å². The van der Waals surface area contributed by atoms with Crippen molar-refractivity contribution in [2.24, 2.45) is 0 Å². The van der Waals surface area contributed by atoms with Gasteiger partial charge in [0.25, 0.3) is 5.91 Å². The van der Waals surface area contributed by atoms with Gasteiger partial charge in [-0.3, -0.25) is 4.79 Å². The highest BCUT2D eigenvalue weighted by Gasteiger charge is 2.38. The minimum atomic E-state index is -1.05. The Labute approximate surface area is 249 Å². The maximum atomic E-state index is 13.9. The number of likely N-dealkylation sites (tertiary alicyclic amines) is 1. The van der Waals surface area contributed by atoms with Crippen LogP contribution in [0.4, 0.5) is 4.79 Å². The zero-order valence-electron chi connectivity index (χ0n) is 23.4. The van der Waals surface area contributed by atoms with Crippen molar-refractivity contribution < 1.29 is 14.3 Å². The number of aromatic amines is 2. The van der Waals surface area contributed by atoms with Crippen molar-refractivity contribution >= 4 is 34.5 Å². The van der Waals surface area contributed by atoms with Crippen molar-refractivity contribution in [2.75, 3.05) is 6.54 Å². The van der Waals surface area contributed by atoms with E-state index in [1.54, 1.807) is 23.2 Å². The smallest absolute Gasteiger partial charge is 0.408 e. The van der Waals surface area contributed by atoms with Gasteiger partial charge >= 0.3 is 6.09 Å². The summed E-state index contributed by atoms with van der Waals surface area (Å²) in [7, 11) is 0. The molecule has 2 atom stereocenters. The minimum Gasteiger partial charge on any atom is -0.431 e. The Bertz CT molecular complexity index is 1710. The summed E-state index contributed by atoms with van der Waals surface area (Å²) in [5, 5.41) is 4.41. The number of halogens is 1. The SMILES string of the molecule is CC(C)NC(=O)O[C@@H](C(=O)N1CCCC1c1ncc(-c2ccc(-c3[nH]c4ccccc4c3Cl)cc2)[nH]1)c1ccccc1. The summed E-state index contributed by atoms with van der Waals surface area (Å²) < 4.78 is 5.67. The number of H-pyrrole nitrogens is 2. The monoisotopic (exact) mass is 581 g/mol. The molecule has 1 saturated heterocycles. The number of carbonyl (C=O) groups is 2. The Hall–Kier alpha value is -4.56. The number of carbonyl (C=O) groups excluding carboxylic acids is 2. The molecule has 3 heterocycles. The number of benzene rings is 3. The fourth-order valence-corrected chi connectivity index (χ4v) is 5.83. The van der Waals surface area contributed by atoms with Crippen LogP contribution in [0, 0.1) is 0 Å². The van der Waals surface area contributed by atoms with Crippen LogP contribution in [-0.2, 0) is 9.53 Å². The molecule has 8 nitrogen and oxygen atoms in total. The maximum absolute atomic E-state index is 13.9. The molecule has 1 fully saturated rings. The lowest BCUT2D eigenvalue weighted by atomic mass is 10.1. The first-order chi connectivity index (χ1) is 20.4. The van der Waals surface area contributed by atoms with Gasteiger partial charge in [0.15, 0.2) is 0 Å². The number of nitrogens with one attached hydrogen (secondary N) is 3. The lowest BCUT2D eigenvalue weighted by Crippen LogP contribution is -2.39. The first-order valence-electron chi connectivity index (χ1n) is 14.1. The minimum absolute atomic E-state index is 0.112. The first kappa shape index (κ1) is 27.6. The highest BCUT2D eigenvalue weighted by molar-refractivity contribution is 6.38. The van der Waals surface area contributed by atoms with Gasteiger partial charge < -0.3 is 24.9 Å². The van der Waals surface area contributed by atoms with Crippen molar-refractivity contribution in [3.63, 3.8) is 0 Å². The summed E-state index contributed by atoms with van der Waals surface area (Å²) in [5.41, 5.74) is 5.31. The molecular formula is C33H32ClN5O3. The number of nitrogens with zero attached hydrogens (tertiary/aromatic N) is 2. The number of amides is 2. The fraction of sp³-hybridized carbons (Fsp3) is 0.242. The van der Waals surface area contributed by atoms with Crippen LogP contribution in [0.25, 0.3) is 33.4 Å². The van der Waals surface area contributed by atoms with E-state index < -0.39 is 12.2 Å². The van der Waals surface area contributed by atoms with Crippen LogP contribution in [0.1, 0.15) is 50.2 Å². The number of imidazole rings is 1. The second-order valence-electron chi connectivity index (χ2n) is 10.8. The van der Waals surface area contributed by atoms with Crippen molar-refractivity contribution in [1.29, 1.82) is 0 Å². The molecule has 6 rings (SSSR count). The second-order valence-corrected chi connectivity index (χ2v) is 11.2. The van der Waals surface area contributed by atoms with Crippen LogP contribution in [0.3, 0.4) is 0 Å². The molecule has 9 heteroatoms. The van der Waals surface area contributed by atoms with Crippen LogP contribution >= 0.6 is 11.6 Å². The molecular weight excluding hydrogens is 550 g/mol. The Morgan fingerprint density at radius 1 is 0.976 bits per heavy atom. The van der Waals surface area contributed by atoms with E-state index in [1.807, 2.05) is 80.6 Å². The molecule has 214 valence electrons. The van der Waals surface area contributed by atoms with E-state index in [1.165, 1.54) is 0 Å². The molecule has 5 aromatic rings. The van der Waals surface area contributed by atoms with Crippen molar-refractivity contribution in [3.8, 4) is 22.5 Å². The Kier molecular flexibility index (Phi) is 7.71. The van der Waals surface area contributed by atoms with E-state index in [-0.39, 0.29) is 18.0 Å². The molecule has 3 N–H and O–H groups in total. The van der Waals surface area contributed by atoms with E-state index in [9.17, 15) is 9.59 Å². The molecule has 1 aliphatic rings. The van der Waals surface area contributed by atoms with Crippen LogP contribution in [0.15, 0.2) is 85.1 Å². The Morgan fingerprint density at radius 3 is 2.43 bits per heavy atom. The van der Waals surface area contributed by atoms with Gasteiger partial charge in [-0.15, -0.1) is 0 Å². The predicted molar refractivity (Wildman–Crippen MR) is 164 cm³/mol. The number of rotatable bonds is 7. The standard InChI is InChI=1S/C33H32ClN5O3/c1-20(2)36-33(41)42-30(23-9-4-3-5-10-23)32(40)39-18-8-13-27(39)31-35-19-26(38-31)21-14-16-22(17-15-21)29-28(34)24-11-6-7-12-25(24)37-29/h3-7,9-12,14-17,19-20,27,30,37H,8,13,18H2,1-2H3,(H,35,38)(H,36,41)/t27?,30-/m1/s1. The molecule has 0 spiro atoms. The van der Waals surface area contributed by atoms with Crippen molar-refractivity contribution in [2.45, 2.75) is 44.9 Å². The van der Waals surface area contributed by atoms with Crippen LogP contribution < -0.4 is 5.32 Å². The number of ether oxygens (including phenoxy) is 1. The maximum Gasteiger partial charge on any atom is 0.408 e. The summed E-state index contributed by atoms with van der Waals surface area (Å²) >= 11 is 6.66. The second kappa shape index (κ2) is 11.7. The largest absolute Gasteiger partial charge is 0.431 e. The van der Waals surface area contributed by atoms with Gasteiger partial charge in [-0.2, -0.15) is 0 Å². The van der Waals surface area contributed by atoms with Gasteiger partial charge in [0.1, 0.15) is 5.82 Å². The quantitative estimate of drug-likeness (QED) is 0.186. The number of fused-ring (bicyclic) bond motifs is 1. The topological polar surface area (TPSA) is 103 Å². The average molecular weight is 582 g/mol. The number of hydrogen-bond donors (Lipinski definition) is 3. The van der Waals surface area contributed by atoms with E-state index in [4.69, 9.17) is 16.3 Å². The van der Waals surface area contributed by atoms with E-state index in [2.05, 4.69) is 20.3 Å². The lowest BCUT2D eigenvalue weighted by molar-refractivity contribution is -0.142. The summed E-state index contributed by atoms with van der Waals surface area (Å²) in [5.74, 6) is 0.442. The highest BCUT2D eigenvalue weighted by atomic mass is 35.5. The predicted octanol–water partition coefficient (Wildman–Crippen LogP) is 7.42. The summed E-state index contributed by atoms with van der Waals surface area (Å²) in [6, 6.07) is 24.8. The molecule has 1 aliphatic heterocycles. The van der Waals surface area contributed by atoms with Crippen LogP contribution in [0.5, 0.6) is 0 Å². The number of alkyl carbamates (subject to hydrolysis) is 1. The average Bonchev–Trinajstić information content (AvgIpc) is 3.75. The summed E-state index contributed by atoms with van der Waals surface area (Å²) in [6.07, 6.45) is 1.70. The van der Waals surface area contributed by atoms with E-state index >= 15 is 0 Å². The molecule has 0 aliphatic carbocycles. The fourth-order valence-electron chi connectivity index (χ4n) is 5.51. The normalized spacial score (nSPS) is 15.7. The molecule has 0 bridgehead atoms. The van der Waals surface area contributed by atoms with Gasteiger partial charge in [0.05, 0.1) is 28.6 Å². The van der Waals surface area contributed by atoms with Gasteiger partial charge in [-0.05, 0) is 43.9 Å². The van der Waals surface area contributed by atoms with Gasteiger partial charge in [-0.1, -0.05) is 84.4 Å². The molecule has 3 aromatic carbocycles. The number of aromatic nitrogens is 3.